The van der Waals surface area contributed by atoms with Gasteiger partial charge in [0.1, 0.15) is 12.7 Å². The van der Waals surface area contributed by atoms with Crippen LogP contribution in [0.15, 0.2) is 66.3 Å². The number of nitro benzene ring substituents is 1. The first-order valence-electron chi connectivity index (χ1n) is 6.71. The van der Waals surface area contributed by atoms with E-state index in [0.717, 1.165) is 11.3 Å². The molecule has 0 saturated carbocycles. The topological polar surface area (TPSA) is 98.2 Å². The first kappa shape index (κ1) is 14.4. The van der Waals surface area contributed by atoms with Gasteiger partial charge in [0.05, 0.1) is 22.5 Å². The van der Waals surface area contributed by atoms with Crippen molar-refractivity contribution in [3.05, 3.63) is 76.9 Å². The second-order valence-corrected chi connectivity index (χ2v) is 4.61. The minimum Gasteiger partial charge on any atom is -0.278 e. The molecule has 0 unspecified atom stereocenters. The highest BCUT2D eigenvalue weighted by molar-refractivity contribution is 5.80. The highest BCUT2D eigenvalue weighted by Crippen LogP contribution is 2.15. The molecule has 0 spiro atoms. The van der Waals surface area contributed by atoms with Crippen LogP contribution in [-0.4, -0.2) is 25.9 Å². The van der Waals surface area contributed by atoms with Crippen molar-refractivity contribution in [2.75, 3.05) is 5.43 Å². The van der Waals surface area contributed by atoms with Gasteiger partial charge in [0.15, 0.2) is 0 Å². The van der Waals surface area contributed by atoms with Gasteiger partial charge < -0.3 is 0 Å². The molecule has 114 valence electrons. The van der Waals surface area contributed by atoms with Crippen LogP contribution in [0.25, 0.3) is 5.69 Å². The van der Waals surface area contributed by atoms with Crippen LogP contribution in [0.5, 0.6) is 0 Å². The Morgan fingerprint density at radius 2 is 1.87 bits per heavy atom. The molecule has 0 amide bonds. The molecule has 8 heteroatoms. The fourth-order valence-electron chi connectivity index (χ4n) is 1.89. The van der Waals surface area contributed by atoms with Crippen LogP contribution in [0.2, 0.25) is 0 Å². The molecule has 0 radical (unpaired) electrons. The van der Waals surface area contributed by atoms with Crippen molar-refractivity contribution in [1.29, 1.82) is 0 Å². The Labute approximate surface area is 131 Å². The Balaban J connectivity index is 1.62. The maximum absolute atomic E-state index is 10.6. The van der Waals surface area contributed by atoms with Gasteiger partial charge in [-0.2, -0.15) is 10.2 Å². The zero-order valence-corrected chi connectivity index (χ0v) is 11.9. The monoisotopic (exact) mass is 308 g/mol. The van der Waals surface area contributed by atoms with E-state index in [1.165, 1.54) is 18.5 Å². The van der Waals surface area contributed by atoms with E-state index in [-0.39, 0.29) is 5.69 Å². The second-order valence-electron chi connectivity index (χ2n) is 4.61. The third-order valence-electron chi connectivity index (χ3n) is 3.06. The van der Waals surface area contributed by atoms with Crippen molar-refractivity contribution in [1.82, 2.24) is 14.8 Å². The van der Waals surface area contributed by atoms with E-state index in [2.05, 4.69) is 20.6 Å². The van der Waals surface area contributed by atoms with Gasteiger partial charge in [0, 0.05) is 12.1 Å². The second kappa shape index (κ2) is 6.48. The zero-order valence-electron chi connectivity index (χ0n) is 11.9. The fourth-order valence-corrected chi connectivity index (χ4v) is 1.89. The molecule has 0 saturated heterocycles. The van der Waals surface area contributed by atoms with Gasteiger partial charge >= 0.3 is 0 Å². The SMILES string of the molecule is O=[N+]([O-])c1ccc(NN=Cc2ccc(-n3cncn3)cc2)cc1. The summed E-state index contributed by atoms with van der Waals surface area (Å²) < 4.78 is 1.66. The standard InChI is InChI=1S/C15H12N6O2/c22-21(23)15-7-3-13(4-8-15)19-17-9-12-1-5-14(6-2-12)20-11-16-10-18-20/h1-11,19H. The number of rotatable bonds is 5. The van der Waals surface area contributed by atoms with Crippen LogP contribution in [0.4, 0.5) is 11.4 Å². The molecule has 0 aliphatic rings. The molecule has 8 nitrogen and oxygen atoms in total. The Bertz CT molecular complexity index is 810. The molecule has 0 aliphatic heterocycles. The van der Waals surface area contributed by atoms with Crippen molar-refractivity contribution in [3.8, 4) is 5.69 Å². The van der Waals surface area contributed by atoms with Crippen molar-refractivity contribution < 1.29 is 4.92 Å². The van der Waals surface area contributed by atoms with Gasteiger partial charge in [-0.25, -0.2) is 9.67 Å². The Morgan fingerprint density at radius 1 is 1.13 bits per heavy atom. The van der Waals surface area contributed by atoms with Crippen LogP contribution < -0.4 is 5.43 Å². The summed E-state index contributed by atoms with van der Waals surface area (Å²) in [6.45, 7) is 0. The fraction of sp³-hybridized carbons (Fsp3) is 0. The summed E-state index contributed by atoms with van der Waals surface area (Å²) in [5.74, 6) is 0. The van der Waals surface area contributed by atoms with Crippen molar-refractivity contribution in [2.24, 2.45) is 5.10 Å². The number of nitrogens with one attached hydrogen (secondary N) is 1. The molecule has 0 bridgehead atoms. The summed E-state index contributed by atoms with van der Waals surface area (Å²) in [6, 6.07) is 13.7. The van der Waals surface area contributed by atoms with Gasteiger partial charge in [-0.1, -0.05) is 12.1 Å². The number of hydrazone groups is 1. The number of anilines is 1. The van der Waals surface area contributed by atoms with Crippen molar-refractivity contribution in [2.45, 2.75) is 0 Å². The largest absolute Gasteiger partial charge is 0.278 e. The molecular weight excluding hydrogens is 296 g/mol. The van der Waals surface area contributed by atoms with E-state index < -0.39 is 4.92 Å². The highest BCUT2D eigenvalue weighted by Gasteiger charge is 2.02. The van der Waals surface area contributed by atoms with E-state index in [1.54, 1.807) is 29.4 Å². The lowest BCUT2D eigenvalue weighted by molar-refractivity contribution is -0.384. The molecule has 1 N–H and O–H groups in total. The number of non-ortho nitro benzene ring substituents is 1. The first-order chi connectivity index (χ1) is 11.2. The van der Waals surface area contributed by atoms with E-state index in [0.29, 0.717) is 5.69 Å². The van der Waals surface area contributed by atoms with E-state index in [9.17, 15) is 10.1 Å². The van der Waals surface area contributed by atoms with Crippen LogP contribution >= 0.6 is 0 Å². The lowest BCUT2D eigenvalue weighted by Crippen LogP contribution is -1.95. The molecular formula is C15H12N6O2. The lowest BCUT2D eigenvalue weighted by Gasteiger charge is -2.01. The molecule has 0 aliphatic carbocycles. The van der Waals surface area contributed by atoms with E-state index >= 15 is 0 Å². The summed E-state index contributed by atoms with van der Waals surface area (Å²) in [5.41, 5.74) is 5.35. The van der Waals surface area contributed by atoms with Gasteiger partial charge in [0.2, 0.25) is 0 Å². The van der Waals surface area contributed by atoms with Gasteiger partial charge in [-0.05, 0) is 29.8 Å². The number of nitrogens with zero attached hydrogens (tertiary/aromatic N) is 5. The molecule has 0 fully saturated rings. The molecule has 1 aromatic heterocycles. The quantitative estimate of drug-likeness (QED) is 0.444. The average molecular weight is 308 g/mol. The molecule has 0 atom stereocenters. The van der Waals surface area contributed by atoms with Gasteiger partial charge in [-0.15, -0.1) is 0 Å². The van der Waals surface area contributed by atoms with E-state index in [1.807, 2.05) is 24.3 Å². The Morgan fingerprint density at radius 3 is 2.48 bits per heavy atom. The minimum absolute atomic E-state index is 0.0447. The van der Waals surface area contributed by atoms with Crippen LogP contribution in [0, 0.1) is 10.1 Å². The molecule has 1 heterocycles. The van der Waals surface area contributed by atoms with Crippen LogP contribution in [-0.2, 0) is 0 Å². The molecule has 2 aromatic carbocycles. The van der Waals surface area contributed by atoms with Crippen LogP contribution in [0.1, 0.15) is 5.56 Å². The maximum atomic E-state index is 10.6. The average Bonchev–Trinajstić information content (AvgIpc) is 3.10. The van der Waals surface area contributed by atoms with Crippen molar-refractivity contribution >= 4 is 17.6 Å². The maximum Gasteiger partial charge on any atom is 0.269 e. The third kappa shape index (κ3) is 3.56. The predicted octanol–water partition coefficient (Wildman–Crippen LogP) is 2.62. The lowest BCUT2D eigenvalue weighted by atomic mass is 10.2. The van der Waals surface area contributed by atoms with Gasteiger partial charge in [-0.3, -0.25) is 15.5 Å². The number of nitro groups is 1. The van der Waals surface area contributed by atoms with Gasteiger partial charge in [0.25, 0.3) is 5.69 Å². The Kier molecular flexibility index (Phi) is 4.05. The van der Waals surface area contributed by atoms with Crippen LogP contribution in [0.3, 0.4) is 0 Å². The first-order valence-corrected chi connectivity index (χ1v) is 6.71. The predicted molar refractivity (Wildman–Crippen MR) is 85.7 cm³/mol. The number of aromatic nitrogens is 3. The third-order valence-corrected chi connectivity index (χ3v) is 3.06. The molecule has 3 aromatic rings. The minimum atomic E-state index is -0.441. The summed E-state index contributed by atoms with van der Waals surface area (Å²) in [5, 5.41) is 18.7. The normalized spacial score (nSPS) is 10.8. The molecule has 23 heavy (non-hydrogen) atoms. The number of benzene rings is 2. The Hall–Kier alpha value is -3.55. The summed E-state index contributed by atoms with van der Waals surface area (Å²) in [4.78, 5) is 14.0. The highest BCUT2D eigenvalue weighted by atomic mass is 16.6. The number of hydrogen-bond acceptors (Lipinski definition) is 6. The summed E-state index contributed by atoms with van der Waals surface area (Å²) in [6.07, 6.45) is 4.76. The van der Waals surface area contributed by atoms with Crippen molar-refractivity contribution in [3.63, 3.8) is 0 Å². The molecule has 3 rings (SSSR count). The smallest absolute Gasteiger partial charge is 0.269 e. The zero-order chi connectivity index (χ0) is 16.1. The number of hydrogen-bond donors (Lipinski definition) is 1. The summed E-state index contributed by atoms with van der Waals surface area (Å²) >= 11 is 0. The summed E-state index contributed by atoms with van der Waals surface area (Å²) in [7, 11) is 0. The van der Waals surface area contributed by atoms with E-state index in [4.69, 9.17) is 0 Å².